The molecule has 2 aromatic rings. The second-order valence-electron chi connectivity index (χ2n) is 5.29. The van der Waals surface area contributed by atoms with Crippen molar-refractivity contribution in [1.29, 1.82) is 0 Å². The van der Waals surface area contributed by atoms with E-state index in [1.807, 2.05) is 55.1 Å². The van der Waals surface area contributed by atoms with Crippen molar-refractivity contribution in [2.24, 2.45) is 0 Å². The molecule has 3 heteroatoms. The minimum Gasteiger partial charge on any atom is -0.326 e. The first kappa shape index (κ1) is 14.3. The highest BCUT2D eigenvalue weighted by atomic mass is 16.1. The molecular weight excluding hydrogens is 248 g/mol. The van der Waals surface area contributed by atoms with Gasteiger partial charge in [-0.1, -0.05) is 6.07 Å². The van der Waals surface area contributed by atoms with Gasteiger partial charge in [0, 0.05) is 17.8 Å². The van der Waals surface area contributed by atoms with Gasteiger partial charge >= 0.3 is 0 Å². The lowest BCUT2D eigenvalue weighted by Gasteiger charge is -2.06. The molecule has 0 spiro atoms. The molecule has 1 aromatic carbocycles. The summed E-state index contributed by atoms with van der Waals surface area (Å²) in [5, 5.41) is 2.95. The summed E-state index contributed by atoms with van der Waals surface area (Å²) < 4.78 is 2.02. The van der Waals surface area contributed by atoms with E-state index in [4.69, 9.17) is 0 Å². The largest absolute Gasteiger partial charge is 0.326 e. The maximum atomic E-state index is 12.0. The Morgan fingerprint density at radius 3 is 2.20 bits per heavy atom. The van der Waals surface area contributed by atoms with Gasteiger partial charge in [0.25, 0.3) is 0 Å². The molecule has 0 saturated heterocycles. The first-order chi connectivity index (χ1) is 9.52. The monoisotopic (exact) mass is 269 g/mol. The van der Waals surface area contributed by atoms with Crippen LogP contribution in [-0.4, -0.2) is 5.91 Å². The lowest BCUT2D eigenvalue weighted by molar-refractivity contribution is -0.695. The average molecular weight is 269 g/mol. The summed E-state index contributed by atoms with van der Waals surface area (Å²) >= 11 is 0. The van der Waals surface area contributed by atoms with E-state index in [0.29, 0.717) is 13.0 Å². The van der Waals surface area contributed by atoms with Crippen LogP contribution in [0.3, 0.4) is 0 Å². The summed E-state index contributed by atoms with van der Waals surface area (Å²) in [6, 6.07) is 10.2. The number of hydrogen-bond acceptors (Lipinski definition) is 1. The van der Waals surface area contributed by atoms with Crippen molar-refractivity contribution in [3.8, 4) is 0 Å². The highest BCUT2D eigenvalue weighted by Crippen LogP contribution is 2.13. The average Bonchev–Trinajstić information content (AvgIpc) is 2.37. The van der Waals surface area contributed by atoms with Gasteiger partial charge in [-0.05, 0) is 49.6 Å². The first-order valence-corrected chi connectivity index (χ1v) is 6.87. The SMILES string of the molecule is Cc1cc[n+](CCC(=O)Nc2cc(C)cc(C)c2)cc1. The summed E-state index contributed by atoms with van der Waals surface area (Å²) in [5.74, 6) is 0.0445. The van der Waals surface area contributed by atoms with Crippen molar-refractivity contribution in [3.63, 3.8) is 0 Å². The number of anilines is 1. The molecule has 0 radical (unpaired) electrons. The van der Waals surface area contributed by atoms with Crippen LogP contribution in [0.25, 0.3) is 0 Å². The number of rotatable bonds is 4. The van der Waals surface area contributed by atoms with Crippen molar-refractivity contribution in [2.75, 3.05) is 5.32 Å². The Balaban J connectivity index is 1.90. The quantitative estimate of drug-likeness (QED) is 0.851. The zero-order valence-electron chi connectivity index (χ0n) is 12.3. The molecule has 0 aliphatic rings. The highest BCUT2D eigenvalue weighted by molar-refractivity contribution is 5.90. The first-order valence-electron chi connectivity index (χ1n) is 6.87. The zero-order valence-corrected chi connectivity index (χ0v) is 12.3. The number of benzene rings is 1. The fourth-order valence-corrected chi connectivity index (χ4v) is 2.18. The van der Waals surface area contributed by atoms with Crippen molar-refractivity contribution in [3.05, 3.63) is 59.4 Å². The second-order valence-corrected chi connectivity index (χ2v) is 5.29. The molecule has 1 N–H and O–H groups in total. The Kier molecular flexibility index (Phi) is 4.51. The van der Waals surface area contributed by atoms with Crippen molar-refractivity contribution in [1.82, 2.24) is 0 Å². The number of nitrogens with zero attached hydrogens (tertiary/aromatic N) is 1. The molecule has 3 nitrogen and oxygen atoms in total. The van der Waals surface area contributed by atoms with Gasteiger partial charge in [0.15, 0.2) is 18.9 Å². The van der Waals surface area contributed by atoms with E-state index >= 15 is 0 Å². The topological polar surface area (TPSA) is 33.0 Å². The number of carbonyl (C=O) groups excluding carboxylic acids is 1. The van der Waals surface area contributed by atoms with Crippen molar-refractivity contribution < 1.29 is 9.36 Å². The van der Waals surface area contributed by atoms with Gasteiger partial charge in [0.05, 0.1) is 6.42 Å². The number of hydrogen-bond donors (Lipinski definition) is 1. The van der Waals surface area contributed by atoms with E-state index in [-0.39, 0.29) is 5.91 Å². The number of nitrogens with one attached hydrogen (secondary N) is 1. The molecule has 0 unspecified atom stereocenters. The number of pyridine rings is 1. The van der Waals surface area contributed by atoms with Gasteiger partial charge in [0.2, 0.25) is 5.91 Å². The molecule has 0 aliphatic heterocycles. The summed E-state index contributed by atoms with van der Waals surface area (Å²) in [4.78, 5) is 12.0. The Morgan fingerprint density at radius 1 is 1.00 bits per heavy atom. The molecule has 0 saturated carbocycles. The van der Waals surface area contributed by atoms with Gasteiger partial charge in [-0.25, -0.2) is 4.57 Å². The third-order valence-corrected chi connectivity index (χ3v) is 3.16. The minimum absolute atomic E-state index is 0.0445. The third kappa shape index (κ3) is 4.19. The van der Waals surface area contributed by atoms with Crippen molar-refractivity contribution in [2.45, 2.75) is 33.7 Å². The Morgan fingerprint density at radius 2 is 1.60 bits per heavy atom. The molecule has 0 fully saturated rings. The maximum absolute atomic E-state index is 12.0. The van der Waals surface area contributed by atoms with Crippen LogP contribution >= 0.6 is 0 Å². The number of aryl methyl sites for hydroxylation is 4. The molecular formula is C17H21N2O+. The van der Waals surface area contributed by atoms with Crippen LogP contribution in [0.5, 0.6) is 0 Å². The highest BCUT2D eigenvalue weighted by Gasteiger charge is 2.07. The van der Waals surface area contributed by atoms with Crippen LogP contribution in [0.4, 0.5) is 5.69 Å². The van der Waals surface area contributed by atoms with Gasteiger partial charge in [-0.3, -0.25) is 4.79 Å². The normalized spacial score (nSPS) is 10.3. The minimum atomic E-state index is 0.0445. The van der Waals surface area contributed by atoms with E-state index in [0.717, 1.165) is 16.8 Å². The number of aromatic nitrogens is 1. The molecule has 104 valence electrons. The standard InChI is InChI=1S/C17H20N2O/c1-13-4-7-19(8-5-13)9-6-17(20)18-16-11-14(2)10-15(3)12-16/h4-5,7-8,10-12H,6,9H2,1-3H3/p+1. The van der Waals surface area contributed by atoms with Crippen LogP contribution < -0.4 is 9.88 Å². The molecule has 1 heterocycles. The molecule has 0 atom stereocenters. The molecule has 1 aromatic heterocycles. The zero-order chi connectivity index (χ0) is 14.5. The number of amides is 1. The third-order valence-electron chi connectivity index (χ3n) is 3.16. The summed E-state index contributed by atoms with van der Waals surface area (Å²) in [6.45, 7) is 6.81. The summed E-state index contributed by atoms with van der Waals surface area (Å²) in [5.41, 5.74) is 4.42. The maximum Gasteiger partial charge on any atom is 0.230 e. The van der Waals surface area contributed by atoms with Crippen LogP contribution in [0, 0.1) is 20.8 Å². The van der Waals surface area contributed by atoms with Crippen molar-refractivity contribution >= 4 is 11.6 Å². The second kappa shape index (κ2) is 6.33. The summed E-state index contributed by atoms with van der Waals surface area (Å²) in [6.07, 6.45) is 4.47. The Hall–Kier alpha value is -2.16. The van der Waals surface area contributed by atoms with E-state index in [9.17, 15) is 4.79 Å². The molecule has 0 bridgehead atoms. The molecule has 20 heavy (non-hydrogen) atoms. The van der Waals surface area contributed by atoms with E-state index in [1.165, 1.54) is 5.56 Å². The smallest absolute Gasteiger partial charge is 0.230 e. The van der Waals surface area contributed by atoms with E-state index < -0.39 is 0 Å². The van der Waals surface area contributed by atoms with E-state index in [2.05, 4.69) is 18.3 Å². The predicted molar refractivity (Wildman–Crippen MR) is 80.5 cm³/mol. The lowest BCUT2D eigenvalue weighted by atomic mass is 10.1. The van der Waals surface area contributed by atoms with Crippen LogP contribution in [0.2, 0.25) is 0 Å². The fraction of sp³-hybridized carbons (Fsp3) is 0.294. The predicted octanol–water partition coefficient (Wildman–Crippen LogP) is 2.93. The van der Waals surface area contributed by atoms with Gasteiger partial charge in [-0.2, -0.15) is 0 Å². The molecule has 2 rings (SSSR count). The lowest BCUT2D eigenvalue weighted by Crippen LogP contribution is -2.34. The molecule has 0 aliphatic carbocycles. The van der Waals surface area contributed by atoms with Crippen LogP contribution in [-0.2, 0) is 11.3 Å². The van der Waals surface area contributed by atoms with Crippen LogP contribution in [0.1, 0.15) is 23.1 Å². The van der Waals surface area contributed by atoms with Crippen LogP contribution in [0.15, 0.2) is 42.7 Å². The van der Waals surface area contributed by atoms with E-state index in [1.54, 1.807) is 0 Å². The Labute approximate surface area is 120 Å². The van der Waals surface area contributed by atoms with Gasteiger partial charge in [0.1, 0.15) is 0 Å². The number of carbonyl (C=O) groups is 1. The Bertz CT molecular complexity index is 583. The van der Waals surface area contributed by atoms with Gasteiger partial charge < -0.3 is 5.32 Å². The fourth-order valence-electron chi connectivity index (χ4n) is 2.18. The molecule has 1 amide bonds. The summed E-state index contributed by atoms with van der Waals surface area (Å²) in [7, 11) is 0. The van der Waals surface area contributed by atoms with Gasteiger partial charge in [-0.15, -0.1) is 0 Å².